The van der Waals surface area contributed by atoms with E-state index in [4.69, 9.17) is 0 Å². The zero-order chi connectivity index (χ0) is 24.8. The monoisotopic (exact) mass is 516 g/mol. The lowest BCUT2D eigenvalue weighted by Crippen LogP contribution is -2.73. The number of imide groups is 1. The summed E-state index contributed by atoms with van der Waals surface area (Å²) >= 11 is 0.812. The maximum atomic E-state index is 12.8. The fourth-order valence-corrected chi connectivity index (χ4v) is 6.74. The predicted octanol–water partition coefficient (Wildman–Crippen LogP) is 0.740. The van der Waals surface area contributed by atoms with Crippen molar-refractivity contribution in [2.24, 2.45) is 5.41 Å². The van der Waals surface area contributed by atoms with Crippen molar-refractivity contribution < 1.29 is 23.1 Å². The summed E-state index contributed by atoms with van der Waals surface area (Å²) in [5.41, 5.74) is 0.315. The highest BCUT2D eigenvalue weighted by Crippen LogP contribution is 2.43. The Morgan fingerprint density at radius 2 is 1.89 bits per heavy atom. The number of benzene rings is 1. The standard InChI is InChI=1S/C22H24N6O5S2/c1-26(7-8-29)18-10-15(9-17-19(30)25-21(31)34-17)23-20(24-18)27-11-22(12-27)13-28(14-22)35(32,33)16-5-3-2-4-6-16/h2-6,9-10,29H,7-8,11-14H2,1H3,(H,25,30,31)/b17-9+. The lowest BCUT2D eigenvalue weighted by Gasteiger charge is -2.59. The third-order valence-corrected chi connectivity index (χ3v) is 8.82. The summed E-state index contributed by atoms with van der Waals surface area (Å²) in [6.45, 7) is 2.37. The van der Waals surface area contributed by atoms with Crippen LogP contribution >= 0.6 is 11.8 Å². The van der Waals surface area contributed by atoms with Gasteiger partial charge in [-0.3, -0.25) is 14.9 Å². The zero-order valence-corrected chi connectivity index (χ0v) is 20.5. The number of anilines is 2. The topological polar surface area (TPSA) is 136 Å². The molecule has 3 aliphatic heterocycles. The van der Waals surface area contributed by atoms with Crippen molar-refractivity contribution in [3.05, 3.63) is 47.0 Å². The van der Waals surface area contributed by atoms with Crippen LogP contribution in [0.15, 0.2) is 46.2 Å². The van der Waals surface area contributed by atoms with E-state index in [1.807, 2.05) is 4.90 Å². The Hall–Kier alpha value is -3.00. The number of carbonyl (C=O) groups is 2. The summed E-state index contributed by atoms with van der Waals surface area (Å²) in [6.07, 6.45) is 1.54. The lowest BCUT2D eigenvalue weighted by molar-refractivity contribution is -0.115. The Morgan fingerprint density at radius 1 is 1.17 bits per heavy atom. The molecule has 1 aromatic heterocycles. The zero-order valence-electron chi connectivity index (χ0n) is 18.9. The molecule has 0 saturated carbocycles. The molecule has 0 aliphatic carbocycles. The van der Waals surface area contributed by atoms with Gasteiger partial charge in [-0.15, -0.1) is 0 Å². The fourth-order valence-electron chi connectivity index (χ4n) is 4.39. The van der Waals surface area contributed by atoms with Gasteiger partial charge in [-0.2, -0.15) is 9.29 Å². The number of sulfonamides is 1. The van der Waals surface area contributed by atoms with Gasteiger partial charge in [-0.1, -0.05) is 18.2 Å². The van der Waals surface area contributed by atoms with E-state index >= 15 is 0 Å². The number of hydrogen-bond acceptors (Lipinski definition) is 10. The van der Waals surface area contributed by atoms with Crippen LogP contribution in [-0.4, -0.2) is 85.3 Å². The van der Waals surface area contributed by atoms with E-state index in [-0.39, 0.29) is 16.9 Å². The molecule has 2 amide bonds. The van der Waals surface area contributed by atoms with Crippen LogP contribution in [-0.2, 0) is 14.8 Å². The van der Waals surface area contributed by atoms with E-state index in [0.29, 0.717) is 55.1 Å². The summed E-state index contributed by atoms with van der Waals surface area (Å²) in [5.74, 6) is 0.542. The van der Waals surface area contributed by atoms with Gasteiger partial charge in [0, 0.05) is 51.3 Å². The Balaban J connectivity index is 1.33. The van der Waals surface area contributed by atoms with Crippen LogP contribution in [0.3, 0.4) is 0 Å². The van der Waals surface area contributed by atoms with Crippen LogP contribution < -0.4 is 15.1 Å². The summed E-state index contributed by atoms with van der Waals surface area (Å²) in [4.78, 5) is 36.9. The molecule has 2 aromatic rings. The normalized spacial score (nSPS) is 20.6. The molecule has 0 bridgehead atoms. The third kappa shape index (κ3) is 4.51. The molecule has 5 rings (SSSR count). The molecule has 1 spiro atoms. The first-order valence-corrected chi connectivity index (χ1v) is 13.2. The van der Waals surface area contributed by atoms with Gasteiger partial charge in [0.15, 0.2) is 0 Å². The number of amides is 2. The molecule has 35 heavy (non-hydrogen) atoms. The number of nitrogens with zero attached hydrogens (tertiary/aromatic N) is 5. The van der Waals surface area contributed by atoms with Crippen molar-refractivity contribution in [2.45, 2.75) is 4.90 Å². The second kappa shape index (κ2) is 8.90. The molecule has 4 heterocycles. The van der Waals surface area contributed by atoms with E-state index in [1.54, 1.807) is 54.4 Å². The van der Waals surface area contributed by atoms with Gasteiger partial charge in [0.1, 0.15) is 5.82 Å². The van der Waals surface area contributed by atoms with Gasteiger partial charge in [0.25, 0.3) is 11.1 Å². The molecule has 3 saturated heterocycles. The van der Waals surface area contributed by atoms with Crippen LogP contribution in [0.1, 0.15) is 5.69 Å². The fraction of sp³-hybridized carbons (Fsp3) is 0.364. The number of aromatic nitrogens is 2. The molecular weight excluding hydrogens is 492 g/mol. The number of rotatable bonds is 7. The molecular formula is C22H24N6O5S2. The highest BCUT2D eigenvalue weighted by atomic mass is 32.2. The van der Waals surface area contributed by atoms with Crippen LogP contribution in [0.4, 0.5) is 16.6 Å². The number of aliphatic hydroxyl groups excluding tert-OH is 1. The molecule has 0 radical (unpaired) electrons. The summed E-state index contributed by atoms with van der Waals surface area (Å²) in [5, 5.41) is 11.1. The molecule has 11 nitrogen and oxygen atoms in total. The number of carbonyl (C=O) groups excluding carboxylic acids is 2. The van der Waals surface area contributed by atoms with E-state index in [2.05, 4.69) is 15.3 Å². The van der Waals surface area contributed by atoms with Crippen molar-refractivity contribution in [3.8, 4) is 0 Å². The van der Waals surface area contributed by atoms with Gasteiger partial charge >= 0.3 is 0 Å². The smallest absolute Gasteiger partial charge is 0.290 e. The quantitative estimate of drug-likeness (QED) is 0.507. The van der Waals surface area contributed by atoms with E-state index in [9.17, 15) is 23.1 Å². The molecule has 0 atom stereocenters. The number of thioether (sulfide) groups is 1. The molecule has 1 aromatic carbocycles. The van der Waals surface area contributed by atoms with E-state index in [0.717, 1.165) is 11.8 Å². The highest BCUT2D eigenvalue weighted by Gasteiger charge is 2.56. The van der Waals surface area contributed by atoms with E-state index < -0.39 is 21.2 Å². The molecule has 2 N–H and O–H groups in total. The van der Waals surface area contributed by atoms with Crippen molar-refractivity contribution in [1.29, 1.82) is 0 Å². The minimum atomic E-state index is -3.51. The second-order valence-corrected chi connectivity index (χ2v) is 11.8. The summed E-state index contributed by atoms with van der Waals surface area (Å²) in [7, 11) is -1.72. The van der Waals surface area contributed by atoms with Gasteiger partial charge < -0.3 is 14.9 Å². The minimum Gasteiger partial charge on any atom is -0.395 e. The predicted molar refractivity (Wildman–Crippen MR) is 131 cm³/mol. The summed E-state index contributed by atoms with van der Waals surface area (Å²) < 4.78 is 27.2. The third-order valence-electron chi connectivity index (χ3n) is 6.21. The van der Waals surface area contributed by atoms with Crippen LogP contribution in [0, 0.1) is 5.41 Å². The Kier molecular flexibility index (Phi) is 6.03. The number of likely N-dealkylation sites (N-methyl/N-ethyl adjacent to an activating group) is 1. The van der Waals surface area contributed by atoms with Crippen molar-refractivity contribution in [2.75, 3.05) is 56.2 Å². The molecule has 184 valence electrons. The largest absolute Gasteiger partial charge is 0.395 e. The van der Waals surface area contributed by atoms with E-state index in [1.165, 1.54) is 4.31 Å². The van der Waals surface area contributed by atoms with Crippen LogP contribution in [0.25, 0.3) is 6.08 Å². The number of nitrogens with one attached hydrogen (secondary N) is 1. The molecule has 13 heteroatoms. The van der Waals surface area contributed by atoms with Gasteiger partial charge in [0.05, 0.1) is 22.1 Å². The van der Waals surface area contributed by atoms with Gasteiger partial charge in [-0.05, 0) is 30.0 Å². The Labute approximate surface area is 206 Å². The van der Waals surface area contributed by atoms with Crippen molar-refractivity contribution >= 4 is 50.8 Å². The maximum absolute atomic E-state index is 12.8. The molecule has 3 fully saturated rings. The first kappa shape index (κ1) is 23.7. The van der Waals surface area contributed by atoms with Crippen LogP contribution in [0.5, 0.6) is 0 Å². The second-order valence-electron chi connectivity index (χ2n) is 8.89. The number of hydrogen-bond donors (Lipinski definition) is 2. The van der Waals surface area contributed by atoms with Gasteiger partial charge in [-0.25, -0.2) is 13.4 Å². The first-order valence-electron chi connectivity index (χ1n) is 11.0. The average Bonchev–Trinajstić information content (AvgIpc) is 3.08. The lowest BCUT2D eigenvalue weighted by atomic mass is 9.74. The molecule has 0 unspecified atom stereocenters. The Bertz CT molecular complexity index is 1300. The maximum Gasteiger partial charge on any atom is 0.290 e. The molecule has 3 aliphatic rings. The average molecular weight is 517 g/mol. The van der Waals surface area contributed by atoms with Crippen molar-refractivity contribution in [3.63, 3.8) is 0 Å². The SMILES string of the molecule is CN(CCO)c1cc(/C=C2/SC(=O)NC2=O)nc(N2CC3(C2)CN(S(=O)(=O)c2ccccc2)C3)n1. The Morgan fingerprint density at radius 3 is 2.51 bits per heavy atom. The van der Waals surface area contributed by atoms with Crippen LogP contribution in [0.2, 0.25) is 0 Å². The van der Waals surface area contributed by atoms with Crippen molar-refractivity contribution in [1.82, 2.24) is 19.6 Å². The highest BCUT2D eigenvalue weighted by molar-refractivity contribution is 8.18. The first-order chi connectivity index (χ1) is 16.7. The summed E-state index contributed by atoms with van der Waals surface area (Å²) in [6, 6.07) is 10.1. The van der Waals surface area contributed by atoms with Gasteiger partial charge in [0.2, 0.25) is 16.0 Å². The minimum absolute atomic E-state index is 0.0580. The number of aliphatic hydroxyl groups is 1.